The van der Waals surface area contributed by atoms with Crippen LogP contribution in [0.2, 0.25) is 0 Å². The Hall–Kier alpha value is -7.08. The van der Waals surface area contributed by atoms with E-state index in [0.717, 1.165) is 67.3 Å². The first kappa shape index (κ1) is 32.6. The van der Waals surface area contributed by atoms with Crippen molar-refractivity contribution in [3.63, 3.8) is 0 Å². The lowest BCUT2D eigenvalue weighted by molar-refractivity contribution is 1.18. The second-order valence-corrected chi connectivity index (χ2v) is 14.6. The lowest BCUT2D eigenvalue weighted by Crippen LogP contribution is -1.98. The number of fused-ring (bicyclic) bond motifs is 3. The maximum absolute atomic E-state index is 5.37. The van der Waals surface area contributed by atoms with Crippen LogP contribution in [0.15, 0.2) is 194 Å². The molecule has 55 heavy (non-hydrogen) atoms. The second kappa shape index (κ2) is 14.0. The molecular formula is C50H32N4S. The molecule has 0 fully saturated rings. The molecule has 0 spiro atoms. The molecule has 0 N–H and O–H groups in total. The minimum atomic E-state index is 0.629. The van der Waals surface area contributed by atoms with Gasteiger partial charge >= 0.3 is 0 Å². The minimum Gasteiger partial charge on any atom is -0.256 e. The van der Waals surface area contributed by atoms with Crippen molar-refractivity contribution >= 4 is 31.5 Å². The van der Waals surface area contributed by atoms with Crippen molar-refractivity contribution < 1.29 is 0 Å². The van der Waals surface area contributed by atoms with E-state index in [1.807, 2.05) is 66.2 Å². The average molecular weight is 721 g/mol. The third kappa shape index (κ3) is 6.48. The highest BCUT2D eigenvalue weighted by Crippen LogP contribution is 2.39. The van der Waals surface area contributed by atoms with Crippen molar-refractivity contribution in [1.29, 1.82) is 0 Å². The van der Waals surface area contributed by atoms with E-state index in [-0.39, 0.29) is 0 Å². The molecule has 5 heteroatoms. The summed E-state index contributed by atoms with van der Waals surface area (Å²) in [5.41, 5.74) is 12.9. The smallest absolute Gasteiger partial charge is 0.160 e. The molecule has 0 aliphatic heterocycles. The van der Waals surface area contributed by atoms with Crippen LogP contribution in [0.5, 0.6) is 0 Å². The summed E-state index contributed by atoms with van der Waals surface area (Å²) >= 11 is 1.84. The zero-order valence-electron chi connectivity index (χ0n) is 29.7. The fourth-order valence-corrected chi connectivity index (χ4v) is 8.39. The van der Waals surface area contributed by atoms with E-state index >= 15 is 0 Å². The van der Waals surface area contributed by atoms with Crippen molar-refractivity contribution in [3.8, 4) is 78.7 Å². The molecule has 0 bridgehead atoms. The van der Waals surface area contributed by atoms with Crippen LogP contribution in [0.4, 0.5) is 0 Å². The standard InChI is InChI=1S/C50H32N4S/c1-3-13-33(14-4-1)36-25-37(35-21-22-43-42-17-7-8-20-48(42)55-49(43)31-35)27-40(26-36)47-32-46(34-15-5-2-6-16-34)53-50(54-47)41-29-38(44-18-9-11-23-51-44)28-39(30-41)45-19-10-12-24-52-45/h1-32H. The molecule has 0 aliphatic rings. The Kier molecular flexibility index (Phi) is 8.32. The van der Waals surface area contributed by atoms with Crippen LogP contribution < -0.4 is 0 Å². The molecule has 0 aliphatic carbocycles. The van der Waals surface area contributed by atoms with E-state index < -0.39 is 0 Å². The Bertz CT molecular complexity index is 2900. The van der Waals surface area contributed by atoms with Gasteiger partial charge in [0, 0.05) is 60.4 Å². The zero-order valence-corrected chi connectivity index (χ0v) is 30.5. The summed E-state index contributed by atoms with van der Waals surface area (Å²) < 4.78 is 2.58. The molecule has 0 saturated carbocycles. The van der Waals surface area contributed by atoms with E-state index in [2.05, 4.69) is 140 Å². The summed E-state index contributed by atoms with van der Waals surface area (Å²) in [5.74, 6) is 0.629. The third-order valence-electron chi connectivity index (χ3n) is 9.96. The van der Waals surface area contributed by atoms with Crippen LogP contribution in [-0.2, 0) is 0 Å². The van der Waals surface area contributed by atoms with Gasteiger partial charge in [0.25, 0.3) is 0 Å². The number of aromatic nitrogens is 4. The summed E-state index contributed by atoms with van der Waals surface area (Å²) in [6, 6.07) is 63.7. The molecule has 6 aromatic carbocycles. The maximum Gasteiger partial charge on any atom is 0.160 e. The molecule has 0 atom stereocenters. The zero-order chi connectivity index (χ0) is 36.6. The van der Waals surface area contributed by atoms with Gasteiger partial charge in [-0.05, 0) is 101 Å². The summed E-state index contributed by atoms with van der Waals surface area (Å²) in [7, 11) is 0. The van der Waals surface area contributed by atoms with E-state index in [1.165, 1.54) is 25.7 Å². The fraction of sp³-hybridized carbons (Fsp3) is 0. The number of nitrogens with zero attached hydrogens (tertiary/aromatic N) is 4. The first-order valence-corrected chi connectivity index (χ1v) is 19.1. The van der Waals surface area contributed by atoms with Crippen LogP contribution >= 0.6 is 11.3 Å². The summed E-state index contributed by atoms with van der Waals surface area (Å²) in [6.07, 6.45) is 3.64. The molecule has 10 aromatic rings. The Morgan fingerprint density at radius 2 is 0.800 bits per heavy atom. The molecule has 0 amide bonds. The van der Waals surface area contributed by atoms with E-state index in [1.54, 1.807) is 0 Å². The van der Waals surface area contributed by atoms with Crippen LogP contribution in [0.3, 0.4) is 0 Å². The highest BCUT2D eigenvalue weighted by molar-refractivity contribution is 7.25. The first-order valence-electron chi connectivity index (χ1n) is 18.3. The molecular weight excluding hydrogens is 689 g/mol. The van der Waals surface area contributed by atoms with Gasteiger partial charge in [-0.25, -0.2) is 9.97 Å². The second-order valence-electron chi connectivity index (χ2n) is 13.5. The molecule has 4 nitrogen and oxygen atoms in total. The monoisotopic (exact) mass is 720 g/mol. The molecule has 0 saturated heterocycles. The SMILES string of the molecule is c1ccc(-c2cc(-c3ccc4c(c3)sc3ccccc34)cc(-c3cc(-c4ccccc4)nc(-c4cc(-c5ccccn5)cc(-c5ccccn5)c4)n3)c2)cc1. The number of hydrogen-bond donors (Lipinski definition) is 0. The van der Waals surface area contributed by atoms with E-state index in [0.29, 0.717) is 5.82 Å². The van der Waals surface area contributed by atoms with Gasteiger partial charge in [-0.1, -0.05) is 103 Å². The molecule has 10 rings (SSSR count). The quantitative estimate of drug-likeness (QED) is 0.164. The van der Waals surface area contributed by atoms with Gasteiger partial charge in [-0.3, -0.25) is 9.97 Å². The predicted molar refractivity (Wildman–Crippen MR) is 229 cm³/mol. The van der Waals surface area contributed by atoms with Crippen LogP contribution in [0.25, 0.3) is 98.8 Å². The molecule has 0 radical (unpaired) electrons. The van der Waals surface area contributed by atoms with Crippen molar-refractivity contribution in [2.75, 3.05) is 0 Å². The maximum atomic E-state index is 5.37. The van der Waals surface area contributed by atoms with Gasteiger partial charge in [-0.2, -0.15) is 0 Å². The number of pyridine rings is 2. The molecule has 0 unspecified atom stereocenters. The van der Waals surface area contributed by atoms with Gasteiger partial charge in [-0.15, -0.1) is 11.3 Å². The van der Waals surface area contributed by atoms with Gasteiger partial charge in [0.1, 0.15) is 0 Å². The van der Waals surface area contributed by atoms with Gasteiger partial charge in [0.2, 0.25) is 0 Å². The predicted octanol–water partition coefficient (Wildman–Crippen LogP) is 13.3. The molecule has 4 aromatic heterocycles. The highest BCUT2D eigenvalue weighted by atomic mass is 32.1. The summed E-state index contributed by atoms with van der Waals surface area (Å²) in [4.78, 5) is 20.0. The Morgan fingerprint density at radius 1 is 0.291 bits per heavy atom. The molecule has 258 valence electrons. The van der Waals surface area contributed by atoms with Crippen molar-refractivity contribution in [2.24, 2.45) is 0 Å². The normalized spacial score (nSPS) is 11.3. The van der Waals surface area contributed by atoms with Gasteiger partial charge in [0.05, 0.1) is 22.8 Å². The van der Waals surface area contributed by atoms with Crippen molar-refractivity contribution in [2.45, 2.75) is 0 Å². The van der Waals surface area contributed by atoms with Gasteiger partial charge < -0.3 is 0 Å². The number of hydrogen-bond acceptors (Lipinski definition) is 5. The van der Waals surface area contributed by atoms with Crippen molar-refractivity contribution in [3.05, 3.63) is 194 Å². The summed E-state index contributed by atoms with van der Waals surface area (Å²) in [6.45, 7) is 0. The highest BCUT2D eigenvalue weighted by Gasteiger charge is 2.16. The first-order chi connectivity index (χ1) is 27.2. The van der Waals surface area contributed by atoms with Gasteiger partial charge in [0.15, 0.2) is 5.82 Å². The lowest BCUT2D eigenvalue weighted by atomic mass is 9.94. The number of benzene rings is 6. The molecule has 4 heterocycles. The Labute approximate surface area is 323 Å². The van der Waals surface area contributed by atoms with E-state index in [9.17, 15) is 0 Å². The Balaban J connectivity index is 1.19. The number of thiophene rings is 1. The minimum absolute atomic E-state index is 0.629. The number of rotatable bonds is 7. The fourth-order valence-electron chi connectivity index (χ4n) is 7.25. The third-order valence-corrected chi connectivity index (χ3v) is 11.1. The largest absolute Gasteiger partial charge is 0.256 e. The van der Waals surface area contributed by atoms with Crippen molar-refractivity contribution in [1.82, 2.24) is 19.9 Å². The lowest BCUT2D eigenvalue weighted by Gasteiger charge is -2.14. The summed E-state index contributed by atoms with van der Waals surface area (Å²) in [5, 5.41) is 2.59. The van der Waals surface area contributed by atoms with Crippen LogP contribution in [0.1, 0.15) is 0 Å². The Morgan fingerprint density at radius 3 is 1.47 bits per heavy atom. The topological polar surface area (TPSA) is 51.6 Å². The van der Waals surface area contributed by atoms with E-state index in [4.69, 9.17) is 19.9 Å². The van der Waals surface area contributed by atoms with Crippen LogP contribution in [-0.4, -0.2) is 19.9 Å². The average Bonchev–Trinajstić information content (AvgIpc) is 3.65. The van der Waals surface area contributed by atoms with Crippen LogP contribution in [0, 0.1) is 0 Å².